The Balaban J connectivity index is 2.70. The maximum absolute atomic E-state index is 11.4. The van der Waals surface area contributed by atoms with E-state index in [0.29, 0.717) is 24.4 Å². The lowest BCUT2D eigenvalue weighted by Crippen LogP contribution is -2.23. The molecule has 104 valence electrons. The van der Waals surface area contributed by atoms with E-state index < -0.39 is 4.92 Å². The summed E-state index contributed by atoms with van der Waals surface area (Å²) < 4.78 is 4.99. The van der Waals surface area contributed by atoms with Crippen LogP contribution in [0.15, 0.2) is 18.2 Å². The number of carbonyl (C=O) groups is 1. The zero-order chi connectivity index (χ0) is 14.4. The Morgan fingerprint density at radius 2 is 2.11 bits per heavy atom. The normalized spacial score (nSPS) is 9.84. The minimum absolute atomic E-state index is 0.00936. The first-order valence-electron chi connectivity index (χ1n) is 5.71. The number of nitro groups is 1. The molecule has 0 spiro atoms. The molecule has 0 saturated carbocycles. The molecule has 0 aliphatic rings. The highest BCUT2D eigenvalue weighted by molar-refractivity contribution is 5.76. The third kappa shape index (κ3) is 4.46. The first-order valence-corrected chi connectivity index (χ1v) is 5.71. The molecule has 0 aliphatic heterocycles. The highest BCUT2D eigenvalue weighted by Gasteiger charge is 2.10. The van der Waals surface area contributed by atoms with Gasteiger partial charge in [0.2, 0.25) is 5.91 Å². The van der Waals surface area contributed by atoms with Crippen LogP contribution in [-0.2, 0) is 4.79 Å². The first-order chi connectivity index (χ1) is 8.93. The zero-order valence-electron chi connectivity index (χ0n) is 11.2. The Morgan fingerprint density at radius 1 is 1.42 bits per heavy atom. The van der Waals surface area contributed by atoms with Crippen molar-refractivity contribution < 1.29 is 14.5 Å². The molecule has 0 bridgehead atoms. The number of carbonyl (C=O) groups excluding carboxylic acids is 1. The van der Waals surface area contributed by atoms with Gasteiger partial charge in [-0.05, 0) is 0 Å². The summed E-state index contributed by atoms with van der Waals surface area (Å²) in [6, 6.07) is 4.39. The van der Waals surface area contributed by atoms with E-state index in [0.717, 1.165) is 0 Å². The Morgan fingerprint density at radius 3 is 2.63 bits per heavy atom. The van der Waals surface area contributed by atoms with Gasteiger partial charge in [-0.2, -0.15) is 0 Å². The summed E-state index contributed by atoms with van der Waals surface area (Å²) in [4.78, 5) is 23.1. The van der Waals surface area contributed by atoms with Gasteiger partial charge in [0.25, 0.3) is 5.69 Å². The number of nitro benzene ring substituents is 1. The molecule has 1 aromatic rings. The molecule has 0 atom stereocenters. The molecule has 0 fully saturated rings. The molecule has 1 aromatic carbocycles. The number of nitrogens with one attached hydrogen (secondary N) is 1. The number of hydrogen-bond acceptors (Lipinski definition) is 5. The molecule has 7 heteroatoms. The summed E-state index contributed by atoms with van der Waals surface area (Å²) in [5, 5.41) is 13.7. The fraction of sp³-hybridized carbons (Fsp3) is 0.417. The number of anilines is 1. The second kappa shape index (κ2) is 6.58. The highest BCUT2D eigenvalue weighted by Crippen LogP contribution is 2.25. The van der Waals surface area contributed by atoms with Gasteiger partial charge >= 0.3 is 0 Å². The van der Waals surface area contributed by atoms with Crippen molar-refractivity contribution in [3.8, 4) is 5.75 Å². The zero-order valence-corrected chi connectivity index (χ0v) is 11.2. The lowest BCUT2D eigenvalue weighted by Gasteiger charge is -2.11. The van der Waals surface area contributed by atoms with E-state index in [4.69, 9.17) is 4.74 Å². The van der Waals surface area contributed by atoms with Gasteiger partial charge in [-0.1, -0.05) is 0 Å². The quantitative estimate of drug-likeness (QED) is 0.623. The van der Waals surface area contributed by atoms with Crippen molar-refractivity contribution in [1.29, 1.82) is 0 Å². The predicted molar refractivity (Wildman–Crippen MR) is 71.4 cm³/mol. The third-order valence-corrected chi connectivity index (χ3v) is 2.50. The summed E-state index contributed by atoms with van der Waals surface area (Å²) in [7, 11) is 4.80. The molecule has 0 saturated heterocycles. The minimum atomic E-state index is -0.487. The van der Waals surface area contributed by atoms with Crippen LogP contribution in [0.25, 0.3) is 0 Å². The van der Waals surface area contributed by atoms with E-state index in [2.05, 4.69) is 5.32 Å². The average molecular weight is 267 g/mol. The first kappa shape index (κ1) is 14.7. The van der Waals surface area contributed by atoms with E-state index in [1.54, 1.807) is 20.2 Å². The number of ether oxygens (including phenoxy) is 1. The molecule has 0 aliphatic carbocycles. The fourth-order valence-electron chi connectivity index (χ4n) is 1.45. The number of methoxy groups -OCH3 is 1. The molecule has 0 heterocycles. The average Bonchev–Trinajstić information content (AvgIpc) is 2.37. The van der Waals surface area contributed by atoms with Crippen LogP contribution in [0.4, 0.5) is 11.4 Å². The van der Waals surface area contributed by atoms with Crippen molar-refractivity contribution in [2.75, 3.05) is 33.1 Å². The van der Waals surface area contributed by atoms with E-state index in [-0.39, 0.29) is 11.6 Å². The standard InChI is InChI=1S/C12H17N3O4/c1-14(2)12(16)4-5-13-9-6-10(15(17)18)8-11(7-9)19-3/h6-8,13H,4-5H2,1-3H3. The van der Waals surface area contributed by atoms with Gasteiger partial charge < -0.3 is 15.0 Å². The number of amides is 1. The van der Waals surface area contributed by atoms with Gasteiger partial charge in [-0.25, -0.2) is 0 Å². The molecule has 0 unspecified atom stereocenters. The summed E-state index contributed by atoms with van der Waals surface area (Å²) in [6.07, 6.45) is 0.317. The molecule has 7 nitrogen and oxygen atoms in total. The Kier molecular flexibility index (Phi) is 5.11. The van der Waals surface area contributed by atoms with Crippen LogP contribution in [-0.4, -0.2) is 43.5 Å². The molecule has 0 radical (unpaired) electrons. The van der Waals surface area contributed by atoms with Gasteiger partial charge in [0.05, 0.1) is 18.1 Å². The molecular weight excluding hydrogens is 250 g/mol. The molecule has 0 aromatic heterocycles. The van der Waals surface area contributed by atoms with Crippen molar-refractivity contribution in [3.05, 3.63) is 28.3 Å². The van der Waals surface area contributed by atoms with Crippen LogP contribution < -0.4 is 10.1 Å². The van der Waals surface area contributed by atoms with Crippen molar-refractivity contribution in [3.63, 3.8) is 0 Å². The molecule has 1 rings (SSSR count). The fourth-order valence-corrected chi connectivity index (χ4v) is 1.45. The summed E-state index contributed by atoms with van der Waals surface area (Å²) >= 11 is 0. The van der Waals surface area contributed by atoms with Gasteiger partial charge in [0.15, 0.2) is 0 Å². The summed E-state index contributed by atoms with van der Waals surface area (Å²) in [5.74, 6) is 0.389. The van der Waals surface area contributed by atoms with Crippen molar-refractivity contribution in [2.24, 2.45) is 0 Å². The van der Waals surface area contributed by atoms with Crippen molar-refractivity contribution in [2.45, 2.75) is 6.42 Å². The number of hydrogen-bond donors (Lipinski definition) is 1. The van der Waals surface area contributed by atoms with Crippen LogP contribution >= 0.6 is 0 Å². The van der Waals surface area contributed by atoms with Crippen LogP contribution in [0.3, 0.4) is 0 Å². The smallest absolute Gasteiger partial charge is 0.275 e. The summed E-state index contributed by atoms with van der Waals surface area (Å²) in [5.41, 5.74) is 0.499. The number of nitrogens with zero attached hydrogens (tertiary/aromatic N) is 2. The number of non-ortho nitro benzene ring substituents is 1. The molecule has 1 N–H and O–H groups in total. The molecular formula is C12H17N3O4. The van der Waals surface area contributed by atoms with Crippen LogP contribution in [0, 0.1) is 10.1 Å². The number of rotatable bonds is 6. The van der Waals surface area contributed by atoms with Crippen molar-refractivity contribution >= 4 is 17.3 Å². The lowest BCUT2D eigenvalue weighted by molar-refractivity contribution is -0.384. The van der Waals surface area contributed by atoms with Gasteiger partial charge in [0, 0.05) is 44.9 Å². The maximum atomic E-state index is 11.4. The van der Waals surface area contributed by atoms with Crippen LogP contribution in [0.1, 0.15) is 6.42 Å². The SMILES string of the molecule is COc1cc(NCCC(=O)N(C)C)cc([N+](=O)[O-])c1. The largest absolute Gasteiger partial charge is 0.496 e. The maximum Gasteiger partial charge on any atom is 0.275 e. The molecule has 19 heavy (non-hydrogen) atoms. The van der Waals surface area contributed by atoms with E-state index >= 15 is 0 Å². The minimum Gasteiger partial charge on any atom is -0.496 e. The van der Waals surface area contributed by atoms with E-state index in [9.17, 15) is 14.9 Å². The molecule has 1 amide bonds. The predicted octanol–water partition coefficient (Wildman–Crippen LogP) is 1.49. The Hall–Kier alpha value is -2.31. The second-order valence-electron chi connectivity index (χ2n) is 4.14. The van der Waals surface area contributed by atoms with Crippen LogP contribution in [0.5, 0.6) is 5.75 Å². The lowest BCUT2D eigenvalue weighted by atomic mass is 10.2. The van der Waals surface area contributed by atoms with Crippen molar-refractivity contribution in [1.82, 2.24) is 4.90 Å². The topological polar surface area (TPSA) is 84.7 Å². The van der Waals surface area contributed by atoms with E-state index in [1.807, 2.05) is 0 Å². The third-order valence-electron chi connectivity index (χ3n) is 2.50. The monoisotopic (exact) mass is 267 g/mol. The highest BCUT2D eigenvalue weighted by atomic mass is 16.6. The van der Waals surface area contributed by atoms with E-state index in [1.165, 1.54) is 24.1 Å². The number of benzene rings is 1. The summed E-state index contributed by atoms with van der Waals surface area (Å²) in [6.45, 7) is 0.404. The van der Waals surface area contributed by atoms with Gasteiger partial charge in [-0.15, -0.1) is 0 Å². The van der Waals surface area contributed by atoms with Crippen LogP contribution in [0.2, 0.25) is 0 Å². The van der Waals surface area contributed by atoms with Gasteiger partial charge in [-0.3, -0.25) is 14.9 Å². The second-order valence-corrected chi connectivity index (χ2v) is 4.14. The Bertz CT molecular complexity index is 474. The Labute approximate surface area is 111 Å². The van der Waals surface area contributed by atoms with Gasteiger partial charge in [0.1, 0.15) is 5.75 Å².